The van der Waals surface area contributed by atoms with Gasteiger partial charge in [0.2, 0.25) is 5.70 Å². The highest BCUT2D eigenvalue weighted by Crippen LogP contribution is 2.27. The third kappa shape index (κ3) is 1.25. The summed E-state index contributed by atoms with van der Waals surface area (Å²) < 4.78 is 1.97. The van der Waals surface area contributed by atoms with Crippen LogP contribution >= 0.6 is 0 Å². The minimum Gasteiger partial charge on any atom is -0.0953 e. The molecular weight excluding hydrogens is 124 g/mol. The molecule has 0 spiro atoms. The molecule has 2 nitrogen and oxygen atoms in total. The lowest BCUT2D eigenvalue weighted by Gasteiger charge is -2.13. The zero-order chi connectivity index (χ0) is 7.78. The average Bonchev–Trinajstić information content (AvgIpc) is 2.11. The van der Waals surface area contributed by atoms with Gasteiger partial charge in [0.1, 0.15) is 6.54 Å². The summed E-state index contributed by atoms with van der Waals surface area (Å²) in [7, 11) is 2.00. The first-order chi connectivity index (χ1) is 4.52. The van der Waals surface area contributed by atoms with Crippen molar-refractivity contribution in [1.82, 2.24) is 0 Å². The van der Waals surface area contributed by atoms with Gasteiger partial charge in [-0.25, -0.2) is 0 Å². The predicted molar refractivity (Wildman–Crippen MR) is 41.0 cm³/mol. The summed E-state index contributed by atoms with van der Waals surface area (Å²) in [5.41, 5.74) is 1.57. The molecule has 1 aliphatic rings. The van der Waals surface area contributed by atoms with Gasteiger partial charge in [0.05, 0.1) is 0 Å². The summed E-state index contributed by atoms with van der Waals surface area (Å²) in [5, 5.41) is 4.22. The Morgan fingerprint density at radius 1 is 1.50 bits per heavy atom. The van der Waals surface area contributed by atoms with Gasteiger partial charge in [-0.2, -0.15) is 0 Å². The quantitative estimate of drug-likeness (QED) is 0.456. The van der Waals surface area contributed by atoms with Gasteiger partial charge in [0, 0.05) is 11.5 Å². The molecule has 0 saturated carbocycles. The molecule has 0 aromatic carbocycles. The number of rotatable bonds is 0. The maximum Gasteiger partial charge on any atom is 0.211 e. The van der Waals surface area contributed by atoms with Crippen LogP contribution in [0, 0.1) is 5.41 Å². The van der Waals surface area contributed by atoms with Crippen LogP contribution in [0.3, 0.4) is 0 Å². The Hall–Kier alpha value is -0.660. The first-order valence-electron chi connectivity index (χ1n) is 3.63. The summed E-state index contributed by atoms with van der Waals surface area (Å²) in [5.74, 6) is 0. The molecule has 0 atom stereocenters. The fourth-order valence-electron chi connectivity index (χ4n) is 1.25. The molecule has 1 rings (SSSR count). The fraction of sp³-hybridized carbons (Fsp3) is 0.750. The van der Waals surface area contributed by atoms with Crippen molar-refractivity contribution in [2.24, 2.45) is 10.5 Å². The Kier molecular flexibility index (Phi) is 1.63. The van der Waals surface area contributed by atoms with Crippen molar-refractivity contribution < 1.29 is 4.70 Å². The van der Waals surface area contributed by atoms with E-state index >= 15 is 0 Å². The second-order valence-corrected chi connectivity index (χ2v) is 3.69. The van der Waals surface area contributed by atoms with Crippen molar-refractivity contribution in [3.05, 3.63) is 11.8 Å². The molecule has 0 bridgehead atoms. The van der Waals surface area contributed by atoms with E-state index in [2.05, 4.69) is 32.0 Å². The third-order valence-electron chi connectivity index (χ3n) is 1.70. The average molecular weight is 139 g/mol. The highest BCUT2D eigenvalue weighted by atomic mass is 15.3. The topological polar surface area (TPSA) is 15.4 Å². The second kappa shape index (κ2) is 2.19. The zero-order valence-corrected chi connectivity index (χ0v) is 7.18. The lowest BCUT2D eigenvalue weighted by molar-refractivity contribution is -0.521. The summed E-state index contributed by atoms with van der Waals surface area (Å²) in [4.78, 5) is 0. The Morgan fingerprint density at radius 2 is 2.10 bits per heavy atom. The van der Waals surface area contributed by atoms with E-state index in [1.54, 1.807) is 0 Å². The molecule has 1 heterocycles. The van der Waals surface area contributed by atoms with E-state index < -0.39 is 0 Å². The van der Waals surface area contributed by atoms with Crippen LogP contribution in [0.1, 0.15) is 20.8 Å². The zero-order valence-electron chi connectivity index (χ0n) is 7.18. The summed E-state index contributed by atoms with van der Waals surface area (Å²) in [6.45, 7) is 7.46. The smallest absolute Gasteiger partial charge is 0.0953 e. The van der Waals surface area contributed by atoms with Crippen LogP contribution in [0.25, 0.3) is 0 Å². The molecule has 0 radical (unpaired) electrons. The molecule has 0 saturated heterocycles. The van der Waals surface area contributed by atoms with Crippen molar-refractivity contribution in [2.75, 3.05) is 13.6 Å². The third-order valence-corrected chi connectivity index (χ3v) is 1.70. The minimum atomic E-state index is 0.245. The van der Waals surface area contributed by atoms with Gasteiger partial charge in [0.25, 0.3) is 0 Å². The van der Waals surface area contributed by atoms with Crippen molar-refractivity contribution in [1.29, 1.82) is 0 Å². The molecule has 56 valence electrons. The van der Waals surface area contributed by atoms with Crippen molar-refractivity contribution in [3.8, 4) is 0 Å². The minimum absolute atomic E-state index is 0.245. The van der Waals surface area contributed by atoms with Crippen LogP contribution in [-0.4, -0.2) is 18.3 Å². The van der Waals surface area contributed by atoms with Crippen molar-refractivity contribution in [3.63, 3.8) is 0 Å². The SMILES string of the molecule is C[N+]1=NCC=C1C(C)(C)C. The molecule has 0 aromatic heterocycles. The Morgan fingerprint density at radius 3 is 2.30 bits per heavy atom. The predicted octanol–water partition coefficient (Wildman–Crippen LogP) is 2.02. The molecule has 10 heavy (non-hydrogen) atoms. The summed E-state index contributed by atoms with van der Waals surface area (Å²) in [6.07, 6.45) is 2.18. The largest absolute Gasteiger partial charge is 0.211 e. The van der Waals surface area contributed by atoms with E-state index in [-0.39, 0.29) is 5.41 Å². The molecule has 1 aliphatic heterocycles. The molecule has 0 N–H and O–H groups in total. The van der Waals surface area contributed by atoms with Crippen LogP contribution < -0.4 is 0 Å². The maximum absolute atomic E-state index is 4.22. The fourth-order valence-corrected chi connectivity index (χ4v) is 1.25. The Labute approximate surface area is 62.3 Å². The number of hydrogen-bond donors (Lipinski definition) is 0. The molecule has 0 aliphatic carbocycles. The Balaban J connectivity index is 2.85. The van der Waals surface area contributed by atoms with Crippen LogP contribution in [0.15, 0.2) is 16.9 Å². The van der Waals surface area contributed by atoms with Crippen molar-refractivity contribution >= 4 is 0 Å². The van der Waals surface area contributed by atoms with Gasteiger partial charge >= 0.3 is 0 Å². The molecule has 0 aromatic rings. The second-order valence-electron chi connectivity index (χ2n) is 3.69. The van der Waals surface area contributed by atoms with Crippen molar-refractivity contribution in [2.45, 2.75) is 20.8 Å². The van der Waals surface area contributed by atoms with Crippen LogP contribution in [0.5, 0.6) is 0 Å². The summed E-state index contributed by atoms with van der Waals surface area (Å²) >= 11 is 0. The normalized spacial score (nSPS) is 18.8. The van der Waals surface area contributed by atoms with E-state index in [0.717, 1.165) is 6.54 Å². The molecule has 0 unspecified atom stereocenters. The van der Waals surface area contributed by atoms with Gasteiger partial charge < -0.3 is 0 Å². The molecule has 0 amide bonds. The number of hydrogen-bond acceptors (Lipinski definition) is 1. The lowest BCUT2D eigenvalue weighted by Crippen LogP contribution is -2.15. The number of allylic oxidation sites excluding steroid dienone is 1. The lowest BCUT2D eigenvalue weighted by atomic mass is 9.92. The van der Waals surface area contributed by atoms with E-state index in [4.69, 9.17) is 0 Å². The number of nitrogens with zero attached hydrogens (tertiary/aromatic N) is 2. The van der Waals surface area contributed by atoms with Crippen LogP contribution in [-0.2, 0) is 0 Å². The van der Waals surface area contributed by atoms with Crippen LogP contribution in [0.2, 0.25) is 0 Å². The van der Waals surface area contributed by atoms with Gasteiger partial charge in [-0.3, -0.25) is 0 Å². The van der Waals surface area contributed by atoms with Gasteiger partial charge in [0.15, 0.2) is 7.05 Å². The molecule has 0 fully saturated rings. The van der Waals surface area contributed by atoms with E-state index in [0.29, 0.717) is 0 Å². The Bertz CT molecular complexity index is 194. The summed E-state index contributed by atoms with van der Waals surface area (Å²) in [6, 6.07) is 0. The molecule has 2 heteroatoms. The van der Waals surface area contributed by atoms with E-state index in [1.165, 1.54) is 5.70 Å². The van der Waals surface area contributed by atoms with E-state index in [1.807, 2.05) is 11.7 Å². The number of azo groups is 2. The van der Waals surface area contributed by atoms with E-state index in [9.17, 15) is 0 Å². The highest BCUT2D eigenvalue weighted by molar-refractivity contribution is 5.03. The maximum atomic E-state index is 4.22. The van der Waals surface area contributed by atoms with Gasteiger partial charge in [-0.1, -0.05) is 25.5 Å². The van der Waals surface area contributed by atoms with Gasteiger partial charge in [-0.15, -0.1) is 0 Å². The van der Waals surface area contributed by atoms with Crippen LogP contribution in [0.4, 0.5) is 0 Å². The first kappa shape index (κ1) is 7.45. The molecular formula is C8H15N2+. The monoisotopic (exact) mass is 139 g/mol. The standard InChI is InChI=1S/C8H15N2/c1-8(2,3)7-5-6-9-10(7)4/h5H,6H2,1-4H3/q+1. The highest BCUT2D eigenvalue weighted by Gasteiger charge is 2.29. The first-order valence-corrected chi connectivity index (χ1v) is 3.63. The van der Waals surface area contributed by atoms with Gasteiger partial charge in [-0.05, 0) is 5.11 Å².